The van der Waals surface area contributed by atoms with E-state index < -0.39 is 0 Å². The molecule has 0 spiro atoms. The summed E-state index contributed by atoms with van der Waals surface area (Å²) in [6.07, 6.45) is 4.83. The van der Waals surface area contributed by atoms with Gasteiger partial charge in [-0.25, -0.2) is 0 Å². The van der Waals surface area contributed by atoms with Crippen molar-refractivity contribution in [2.45, 2.75) is 45.1 Å². The van der Waals surface area contributed by atoms with E-state index in [4.69, 9.17) is 4.74 Å². The molecule has 2 heteroatoms. The van der Waals surface area contributed by atoms with Crippen LogP contribution in [0, 0.1) is 5.92 Å². The van der Waals surface area contributed by atoms with Crippen LogP contribution in [0.1, 0.15) is 39.5 Å². The molecule has 2 aliphatic rings. The highest BCUT2D eigenvalue weighted by atomic mass is 16.5. The van der Waals surface area contributed by atoms with E-state index in [1.165, 1.54) is 44.3 Å². The molecule has 2 fully saturated rings. The third-order valence-electron chi connectivity index (χ3n) is 4.51. The summed E-state index contributed by atoms with van der Waals surface area (Å²) >= 11 is 0. The average Bonchev–Trinajstić information content (AvgIpc) is 2.31. The van der Waals surface area contributed by atoms with Gasteiger partial charge in [-0.3, -0.25) is 4.90 Å². The number of nitrogens with zero attached hydrogens (tertiary/aromatic N) is 1. The van der Waals surface area contributed by atoms with Gasteiger partial charge in [0, 0.05) is 31.8 Å². The Morgan fingerprint density at radius 3 is 2.31 bits per heavy atom. The number of rotatable bonds is 2. The first kappa shape index (κ1) is 12.1. The molecule has 16 heavy (non-hydrogen) atoms. The lowest BCUT2D eigenvalue weighted by Crippen LogP contribution is -2.52. The fraction of sp³-hybridized carbons (Fsp3) is 0.857. The van der Waals surface area contributed by atoms with E-state index in [1.54, 1.807) is 0 Å². The summed E-state index contributed by atoms with van der Waals surface area (Å²) in [6, 6.07) is 0. The Morgan fingerprint density at radius 2 is 1.75 bits per heavy atom. The van der Waals surface area contributed by atoms with Gasteiger partial charge < -0.3 is 4.74 Å². The molecule has 2 saturated heterocycles. The molecule has 2 heterocycles. The first-order chi connectivity index (χ1) is 7.60. The molecular weight excluding hydrogens is 198 g/mol. The number of ether oxygens (including phenoxy) is 1. The molecule has 0 N–H and O–H groups in total. The minimum absolute atomic E-state index is 0.338. The van der Waals surface area contributed by atoms with Crippen molar-refractivity contribution in [1.82, 2.24) is 4.90 Å². The largest absolute Gasteiger partial charge is 0.381 e. The van der Waals surface area contributed by atoms with Gasteiger partial charge in [0.25, 0.3) is 0 Å². The van der Waals surface area contributed by atoms with Gasteiger partial charge in [0.05, 0.1) is 0 Å². The molecular formula is C14H25NO. The summed E-state index contributed by atoms with van der Waals surface area (Å²) in [6.45, 7) is 13.2. The van der Waals surface area contributed by atoms with Gasteiger partial charge in [-0.05, 0) is 45.4 Å². The van der Waals surface area contributed by atoms with Gasteiger partial charge in [0.2, 0.25) is 0 Å². The molecule has 2 nitrogen and oxygen atoms in total. The second-order valence-electron chi connectivity index (χ2n) is 5.78. The summed E-state index contributed by atoms with van der Waals surface area (Å²) in [5, 5.41) is 0. The van der Waals surface area contributed by atoms with Crippen LogP contribution < -0.4 is 0 Å². The molecule has 0 aliphatic carbocycles. The van der Waals surface area contributed by atoms with E-state index in [9.17, 15) is 0 Å². The van der Waals surface area contributed by atoms with Crippen molar-refractivity contribution in [2.75, 3.05) is 26.3 Å². The topological polar surface area (TPSA) is 12.5 Å². The first-order valence-electron chi connectivity index (χ1n) is 6.60. The van der Waals surface area contributed by atoms with Crippen LogP contribution >= 0.6 is 0 Å². The zero-order chi connectivity index (χ0) is 11.6. The molecule has 0 saturated carbocycles. The molecule has 0 bridgehead atoms. The lowest BCUT2D eigenvalue weighted by atomic mass is 9.79. The molecule has 0 aromatic rings. The first-order valence-corrected chi connectivity index (χ1v) is 6.60. The molecule has 0 aromatic carbocycles. The third kappa shape index (κ3) is 2.49. The van der Waals surface area contributed by atoms with Crippen molar-refractivity contribution in [2.24, 2.45) is 5.92 Å². The summed E-state index contributed by atoms with van der Waals surface area (Å²) < 4.78 is 5.47. The maximum Gasteiger partial charge on any atom is 0.0469 e. The van der Waals surface area contributed by atoms with Gasteiger partial charge in [0.1, 0.15) is 0 Å². The highest BCUT2D eigenvalue weighted by Gasteiger charge is 2.36. The van der Waals surface area contributed by atoms with Crippen LogP contribution in [0.5, 0.6) is 0 Å². The zero-order valence-corrected chi connectivity index (χ0v) is 10.8. The number of hydrogen-bond donors (Lipinski definition) is 0. The minimum Gasteiger partial charge on any atom is -0.381 e. The van der Waals surface area contributed by atoms with E-state index in [0.29, 0.717) is 5.54 Å². The highest BCUT2D eigenvalue weighted by molar-refractivity contribution is 5.02. The third-order valence-corrected chi connectivity index (χ3v) is 4.51. The Labute approximate surface area is 99.7 Å². The molecule has 0 unspecified atom stereocenters. The Morgan fingerprint density at radius 1 is 1.19 bits per heavy atom. The number of piperidine rings is 1. The Hall–Kier alpha value is -0.340. The highest BCUT2D eigenvalue weighted by Crippen LogP contribution is 2.34. The molecule has 0 radical (unpaired) electrons. The van der Waals surface area contributed by atoms with E-state index in [0.717, 1.165) is 19.1 Å². The fourth-order valence-corrected chi connectivity index (χ4v) is 3.06. The number of likely N-dealkylation sites (tertiary alicyclic amines) is 1. The van der Waals surface area contributed by atoms with Crippen LogP contribution in [0.3, 0.4) is 0 Å². The smallest absolute Gasteiger partial charge is 0.0469 e. The Bertz CT molecular complexity index is 243. The maximum absolute atomic E-state index is 5.47. The molecule has 0 amide bonds. The van der Waals surface area contributed by atoms with Crippen LogP contribution in [0.2, 0.25) is 0 Å². The van der Waals surface area contributed by atoms with Crippen molar-refractivity contribution >= 4 is 0 Å². The normalized spacial score (nSPS) is 26.0. The summed E-state index contributed by atoms with van der Waals surface area (Å²) in [4.78, 5) is 2.66. The maximum atomic E-state index is 5.47. The summed E-state index contributed by atoms with van der Waals surface area (Å²) in [5.74, 6) is 0.799. The van der Waals surface area contributed by atoms with Gasteiger partial charge in [-0.1, -0.05) is 12.2 Å². The zero-order valence-electron chi connectivity index (χ0n) is 10.8. The molecule has 2 rings (SSSR count). The van der Waals surface area contributed by atoms with Crippen molar-refractivity contribution < 1.29 is 4.74 Å². The Kier molecular flexibility index (Phi) is 3.70. The van der Waals surface area contributed by atoms with Gasteiger partial charge in [0.15, 0.2) is 0 Å². The van der Waals surface area contributed by atoms with Crippen LogP contribution in [-0.2, 0) is 4.74 Å². The van der Waals surface area contributed by atoms with Gasteiger partial charge >= 0.3 is 0 Å². The lowest BCUT2D eigenvalue weighted by molar-refractivity contribution is -0.0150. The van der Waals surface area contributed by atoms with E-state index in [2.05, 4.69) is 25.3 Å². The van der Waals surface area contributed by atoms with Crippen LogP contribution in [0.15, 0.2) is 12.2 Å². The van der Waals surface area contributed by atoms with Gasteiger partial charge in [-0.15, -0.1) is 0 Å². The van der Waals surface area contributed by atoms with Crippen LogP contribution in [0.4, 0.5) is 0 Å². The Balaban J connectivity index is 1.96. The standard InChI is InChI=1S/C14H25NO/c1-12-4-8-15(9-5-12)14(2,3)13-6-10-16-11-7-13/h13H,1,4-11H2,2-3H3. The second-order valence-corrected chi connectivity index (χ2v) is 5.78. The van der Waals surface area contributed by atoms with Crippen LogP contribution in [0.25, 0.3) is 0 Å². The van der Waals surface area contributed by atoms with Crippen molar-refractivity contribution in [3.63, 3.8) is 0 Å². The monoisotopic (exact) mass is 223 g/mol. The minimum atomic E-state index is 0.338. The lowest BCUT2D eigenvalue weighted by Gasteiger charge is -2.47. The van der Waals surface area contributed by atoms with E-state index in [1.807, 2.05) is 0 Å². The second kappa shape index (κ2) is 4.89. The summed E-state index contributed by atoms with van der Waals surface area (Å²) in [7, 11) is 0. The van der Waals surface area contributed by atoms with Crippen molar-refractivity contribution in [1.29, 1.82) is 0 Å². The van der Waals surface area contributed by atoms with Crippen molar-refractivity contribution in [3.8, 4) is 0 Å². The predicted octanol–water partition coefficient (Wildman–Crippen LogP) is 2.84. The fourth-order valence-electron chi connectivity index (χ4n) is 3.06. The SMILES string of the molecule is C=C1CCN(C(C)(C)C2CCOCC2)CC1. The molecule has 0 atom stereocenters. The molecule has 0 aromatic heterocycles. The van der Waals surface area contributed by atoms with Gasteiger partial charge in [-0.2, -0.15) is 0 Å². The number of hydrogen-bond acceptors (Lipinski definition) is 2. The molecule has 2 aliphatic heterocycles. The van der Waals surface area contributed by atoms with E-state index >= 15 is 0 Å². The predicted molar refractivity (Wildman–Crippen MR) is 67.6 cm³/mol. The summed E-state index contributed by atoms with van der Waals surface area (Å²) in [5.41, 5.74) is 1.77. The quantitative estimate of drug-likeness (QED) is 0.667. The van der Waals surface area contributed by atoms with E-state index in [-0.39, 0.29) is 0 Å². The van der Waals surface area contributed by atoms with Crippen molar-refractivity contribution in [3.05, 3.63) is 12.2 Å². The average molecular weight is 223 g/mol. The molecule has 92 valence electrons. The van der Waals surface area contributed by atoms with Crippen LogP contribution in [-0.4, -0.2) is 36.7 Å².